The molecule has 0 saturated carbocycles. The van der Waals surface area contributed by atoms with Crippen molar-refractivity contribution >= 4 is 41.8 Å². The second-order valence-electron chi connectivity index (χ2n) is 10.7. The molecule has 264 valence electrons. The van der Waals surface area contributed by atoms with Crippen molar-refractivity contribution in [2.24, 2.45) is 0 Å². The molecule has 1 fully saturated rings. The van der Waals surface area contributed by atoms with E-state index in [0.717, 1.165) is 27.7 Å². The molecule has 0 radical (unpaired) electrons. The molecule has 16 heteroatoms. The molecule has 2 aromatic rings. The number of amides is 2. The van der Waals surface area contributed by atoms with Crippen LogP contribution in [-0.2, 0) is 75.1 Å². The van der Waals surface area contributed by atoms with E-state index in [4.69, 9.17) is 33.2 Å². The Morgan fingerprint density at radius 2 is 1.16 bits per heavy atom. The monoisotopic (exact) mass is 686 g/mol. The summed E-state index contributed by atoms with van der Waals surface area (Å²) in [5, 5.41) is 4.78. The number of rotatable bonds is 14. The van der Waals surface area contributed by atoms with Crippen LogP contribution in [-0.4, -0.2) is 85.1 Å². The van der Waals surface area contributed by atoms with Crippen molar-refractivity contribution in [2.45, 2.75) is 84.0 Å². The molecule has 0 bridgehead atoms. The second kappa shape index (κ2) is 18.7. The molecule has 2 amide bonds. The zero-order chi connectivity index (χ0) is 35.9. The van der Waals surface area contributed by atoms with E-state index in [-0.39, 0.29) is 13.2 Å². The lowest BCUT2D eigenvalue weighted by molar-refractivity contribution is -0.257. The van der Waals surface area contributed by atoms with Gasteiger partial charge in [0.1, 0.15) is 32.0 Å². The van der Waals surface area contributed by atoms with Crippen LogP contribution >= 0.6 is 0 Å². The smallest absolute Gasteiger partial charge is 0.408 e. The maximum absolute atomic E-state index is 13.4. The number of esters is 5. The lowest BCUT2D eigenvalue weighted by Gasteiger charge is -2.44. The molecule has 1 heterocycles. The largest absolute Gasteiger partial charge is 0.463 e. The molecule has 16 nitrogen and oxygen atoms in total. The highest BCUT2D eigenvalue weighted by Crippen LogP contribution is 2.28. The zero-order valence-electron chi connectivity index (χ0n) is 27.3. The third-order valence-electron chi connectivity index (χ3n) is 6.70. The highest BCUT2D eigenvalue weighted by molar-refractivity contribution is 5.88. The van der Waals surface area contributed by atoms with Gasteiger partial charge in [0, 0.05) is 27.7 Å². The first kappa shape index (κ1) is 37.9. The second-order valence-corrected chi connectivity index (χ2v) is 10.7. The van der Waals surface area contributed by atoms with Crippen molar-refractivity contribution in [3.05, 3.63) is 71.8 Å². The Morgan fingerprint density at radius 1 is 0.653 bits per heavy atom. The maximum atomic E-state index is 13.4. The maximum Gasteiger partial charge on any atom is 0.408 e. The van der Waals surface area contributed by atoms with Gasteiger partial charge in [-0.2, -0.15) is 0 Å². The van der Waals surface area contributed by atoms with Gasteiger partial charge in [0.25, 0.3) is 0 Å². The fourth-order valence-electron chi connectivity index (χ4n) is 4.68. The van der Waals surface area contributed by atoms with Crippen molar-refractivity contribution < 1.29 is 66.7 Å². The van der Waals surface area contributed by atoms with Gasteiger partial charge >= 0.3 is 35.9 Å². The minimum Gasteiger partial charge on any atom is -0.463 e. The Kier molecular flexibility index (Phi) is 14.5. The lowest BCUT2D eigenvalue weighted by atomic mass is 9.97. The van der Waals surface area contributed by atoms with Gasteiger partial charge in [-0.05, 0) is 11.1 Å². The molecular weight excluding hydrogens is 648 g/mol. The number of carbonyl (C=O) groups is 7. The van der Waals surface area contributed by atoms with Gasteiger partial charge in [-0.1, -0.05) is 60.7 Å². The molecule has 1 aliphatic rings. The molecule has 0 spiro atoms. The normalized spacial score (nSPS) is 20.4. The Morgan fingerprint density at radius 3 is 1.69 bits per heavy atom. The van der Waals surface area contributed by atoms with E-state index in [0.29, 0.717) is 11.1 Å². The van der Waals surface area contributed by atoms with Crippen LogP contribution in [0.25, 0.3) is 0 Å². The highest BCUT2D eigenvalue weighted by Gasteiger charge is 2.52. The summed E-state index contributed by atoms with van der Waals surface area (Å²) in [5.74, 6) is -5.20. The van der Waals surface area contributed by atoms with Crippen molar-refractivity contribution in [2.75, 3.05) is 6.61 Å². The van der Waals surface area contributed by atoms with Gasteiger partial charge in [-0.15, -0.1) is 0 Å². The van der Waals surface area contributed by atoms with Crippen LogP contribution in [0.5, 0.6) is 0 Å². The van der Waals surface area contributed by atoms with Crippen molar-refractivity contribution in [1.82, 2.24) is 10.6 Å². The minimum atomic E-state index is -1.60. The first-order valence-corrected chi connectivity index (χ1v) is 15.1. The van der Waals surface area contributed by atoms with E-state index in [1.165, 1.54) is 0 Å². The average molecular weight is 687 g/mol. The number of carbonyl (C=O) groups excluding carboxylic acids is 7. The summed E-state index contributed by atoms with van der Waals surface area (Å²) >= 11 is 0. The molecule has 0 aliphatic carbocycles. The summed E-state index contributed by atoms with van der Waals surface area (Å²) < 4.78 is 37.5. The van der Waals surface area contributed by atoms with Gasteiger partial charge in [-0.25, -0.2) is 9.59 Å². The first-order valence-electron chi connectivity index (χ1n) is 15.1. The van der Waals surface area contributed by atoms with Crippen molar-refractivity contribution in [1.29, 1.82) is 0 Å². The SMILES string of the molecule is CC(=O)OC[C@H]1O[C@H](NC(=O)C[C@H](NC(=O)OCc2ccccc2)C(=O)OCc2ccccc2)[C@H](OC(C)=O)[C@@H](OC(C)=O)[C@H]1OC(C)=O. The summed E-state index contributed by atoms with van der Waals surface area (Å²) in [6.45, 7) is 3.45. The number of benzene rings is 2. The third kappa shape index (κ3) is 12.9. The van der Waals surface area contributed by atoms with Crippen LogP contribution in [0.3, 0.4) is 0 Å². The molecule has 0 aromatic heterocycles. The first-order chi connectivity index (χ1) is 23.3. The van der Waals surface area contributed by atoms with Gasteiger partial charge < -0.3 is 43.8 Å². The van der Waals surface area contributed by atoms with E-state index >= 15 is 0 Å². The van der Waals surface area contributed by atoms with Gasteiger partial charge in [0.2, 0.25) is 5.91 Å². The van der Waals surface area contributed by atoms with E-state index in [2.05, 4.69) is 10.6 Å². The Balaban J connectivity index is 1.84. The molecule has 0 unspecified atom stereocenters. The predicted octanol–water partition coefficient (Wildman–Crippen LogP) is 1.61. The van der Waals surface area contributed by atoms with Gasteiger partial charge in [-0.3, -0.25) is 24.0 Å². The molecule has 3 rings (SSSR count). The third-order valence-corrected chi connectivity index (χ3v) is 6.70. The lowest BCUT2D eigenvalue weighted by Crippen LogP contribution is -2.66. The number of hydrogen-bond donors (Lipinski definition) is 2. The fraction of sp³-hybridized carbons (Fsp3) is 0.424. The highest BCUT2D eigenvalue weighted by atomic mass is 16.7. The molecule has 2 aromatic carbocycles. The van der Waals surface area contributed by atoms with Crippen LogP contribution in [0.1, 0.15) is 45.2 Å². The molecule has 6 atom stereocenters. The molecule has 1 saturated heterocycles. The van der Waals surface area contributed by atoms with E-state index in [1.54, 1.807) is 60.7 Å². The number of ether oxygens (including phenoxy) is 7. The number of hydrogen-bond acceptors (Lipinski definition) is 14. The fourth-order valence-corrected chi connectivity index (χ4v) is 4.68. The van der Waals surface area contributed by atoms with Crippen molar-refractivity contribution in [3.63, 3.8) is 0 Å². The molecule has 1 aliphatic heterocycles. The van der Waals surface area contributed by atoms with Crippen LogP contribution in [0, 0.1) is 0 Å². The summed E-state index contributed by atoms with van der Waals surface area (Å²) in [6, 6.07) is 15.8. The summed E-state index contributed by atoms with van der Waals surface area (Å²) in [6.07, 6.45) is -9.24. The summed E-state index contributed by atoms with van der Waals surface area (Å²) in [7, 11) is 0. The standard InChI is InChI=1S/C33H38N2O14/c1-19(36)43-18-26-28(46-20(2)37)29(47-21(3)38)30(48-22(4)39)31(49-26)35-27(40)15-25(32(41)44-16-23-11-7-5-8-12-23)34-33(42)45-17-24-13-9-6-10-14-24/h5-14,25-26,28-31H,15-18H2,1-4H3,(H,34,42)(H,35,40)/t25-,26+,28-,29-,30+,31-/m0/s1. The Hall–Kier alpha value is -5.51. The Bertz CT molecular complexity index is 1470. The summed E-state index contributed by atoms with van der Waals surface area (Å²) in [4.78, 5) is 87.1. The van der Waals surface area contributed by atoms with Crippen LogP contribution in [0.2, 0.25) is 0 Å². The van der Waals surface area contributed by atoms with E-state index in [1.807, 2.05) is 0 Å². The minimum absolute atomic E-state index is 0.130. The van der Waals surface area contributed by atoms with E-state index in [9.17, 15) is 33.6 Å². The summed E-state index contributed by atoms with van der Waals surface area (Å²) in [5.41, 5.74) is 1.31. The van der Waals surface area contributed by atoms with Crippen molar-refractivity contribution in [3.8, 4) is 0 Å². The van der Waals surface area contributed by atoms with Crippen LogP contribution in [0.15, 0.2) is 60.7 Å². The average Bonchev–Trinajstić information content (AvgIpc) is 3.04. The molecular formula is C33H38N2O14. The number of nitrogens with one attached hydrogen (secondary N) is 2. The van der Waals surface area contributed by atoms with Gasteiger partial charge in [0.05, 0.1) is 6.42 Å². The zero-order valence-corrected chi connectivity index (χ0v) is 27.3. The number of alkyl carbamates (subject to hydrolysis) is 1. The molecule has 2 N–H and O–H groups in total. The van der Waals surface area contributed by atoms with E-state index < -0.39 is 91.6 Å². The topological polar surface area (TPSA) is 208 Å². The Labute approximate surface area is 281 Å². The van der Waals surface area contributed by atoms with Gasteiger partial charge in [0.15, 0.2) is 24.5 Å². The molecule has 49 heavy (non-hydrogen) atoms. The quantitative estimate of drug-likeness (QED) is 0.214. The predicted molar refractivity (Wildman–Crippen MR) is 165 cm³/mol. The van der Waals surface area contributed by atoms with Crippen LogP contribution < -0.4 is 10.6 Å². The van der Waals surface area contributed by atoms with Crippen LogP contribution in [0.4, 0.5) is 4.79 Å².